The van der Waals surface area contributed by atoms with Crippen molar-refractivity contribution in [2.45, 2.75) is 18.8 Å². The van der Waals surface area contributed by atoms with E-state index in [1.54, 1.807) is 12.1 Å². The van der Waals surface area contributed by atoms with E-state index in [2.05, 4.69) is 10.6 Å². The highest BCUT2D eigenvalue weighted by molar-refractivity contribution is 5.85. The Balaban J connectivity index is 0.00000484. The van der Waals surface area contributed by atoms with Gasteiger partial charge in [0, 0.05) is 30.8 Å². The van der Waals surface area contributed by atoms with Crippen molar-refractivity contribution in [3.8, 4) is 0 Å². The lowest BCUT2D eigenvalue weighted by Crippen LogP contribution is -2.41. The molecule has 0 atom stereocenters. The lowest BCUT2D eigenvalue weighted by molar-refractivity contribution is -0.384. The first kappa shape index (κ1) is 21.0. The number of hydrogen-bond donors (Lipinski definition) is 3. The molecule has 0 saturated heterocycles. The number of benzene rings is 1. The highest BCUT2D eigenvalue weighted by Gasteiger charge is 2.26. The maximum atomic E-state index is 12.8. The van der Waals surface area contributed by atoms with Gasteiger partial charge in [0.25, 0.3) is 11.6 Å². The summed E-state index contributed by atoms with van der Waals surface area (Å²) in [6.07, 6.45) is 0.539. The number of carbonyl (C=O) groups is 1. The van der Waals surface area contributed by atoms with E-state index in [9.17, 15) is 23.7 Å². The molecule has 0 aliphatic heterocycles. The van der Waals surface area contributed by atoms with E-state index in [-0.39, 0.29) is 24.5 Å². The maximum absolute atomic E-state index is 12.8. The molecule has 0 radical (unpaired) electrons. The van der Waals surface area contributed by atoms with Gasteiger partial charge in [-0.2, -0.15) is 0 Å². The minimum absolute atomic E-state index is 0. The molecule has 4 N–H and O–H groups in total. The number of alkyl halides is 2. The fraction of sp³-hybridized carbons (Fsp3) is 0.462. The van der Waals surface area contributed by atoms with E-state index < -0.39 is 29.8 Å². The average molecular weight is 353 g/mol. The Labute approximate surface area is 138 Å². The normalized spacial score (nSPS) is 10.6. The molecule has 1 amide bonds. The first-order valence-corrected chi connectivity index (χ1v) is 6.67. The molecule has 0 aromatic heterocycles. The smallest absolute Gasteiger partial charge is 0.277 e. The summed E-state index contributed by atoms with van der Waals surface area (Å²) in [6, 6.07) is 5.84. The summed E-state index contributed by atoms with van der Waals surface area (Å²) >= 11 is 0. The number of rotatable bonds is 9. The quantitative estimate of drug-likeness (QED) is 0.357. The number of nitro groups is 1. The van der Waals surface area contributed by atoms with Gasteiger partial charge in [0.1, 0.15) is 0 Å². The fourth-order valence-corrected chi connectivity index (χ4v) is 1.57. The first-order chi connectivity index (χ1) is 10.3. The van der Waals surface area contributed by atoms with Crippen molar-refractivity contribution in [3.63, 3.8) is 0 Å². The Kier molecular flexibility index (Phi) is 9.04. The highest BCUT2D eigenvalue weighted by atomic mass is 35.5. The van der Waals surface area contributed by atoms with Crippen LogP contribution in [0.2, 0.25) is 0 Å². The number of non-ortho nitro benzene ring substituents is 1. The van der Waals surface area contributed by atoms with Crippen LogP contribution in [0.4, 0.5) is 20.2 Å². The van der Waals surface area contributed by atoms with Crippen LogP contribution in [-0.4, -0.2) is 36.4 Å². The molecule has 23 heavy (non-hydrogen) atoms. The van der Waals surface area contributed by atoms with E-state index in [0.29, 0.717) is 18.7 Å². The molecule has 0 fully saturated rings. The molecule has 0 aliphatic carbocycles. The molecule has 1 rings (SSSR count). The summed E-state index contributed by atoms with van der Waals surface area (Å²) in [5, 5.41) is 15.6. The third-order valence-electron chi connectivity index (χ3n) is 2.83. The number of anilines is 1. The van der Waals surface area contributed by atoms with Crippen LogP contribution in [0.25, 0.3) is 0 Å². The molecule has 0 unspecified atom stereocenters. The minimum atomic E-state index is -3.09. The van der Waals surface area contributed by atoms with Gasteiger partial charge in [-0.1, -0.05) is 0 Å². The summed E-state index contributed by atoms with van der Waals surface area (Å²) in [6.45, 7) is -1.13. The molecule has 0 spiro atoms. The highest BCUT2D eigenvalue weighted by Crippen LogP contribution is 2.15. The summed E-state index contributed by atoms with van der Waals surface area (Å²) in [4.78, 5) is 21.3. The van der Waals surface area contributed by atoms with Gasteiger partial charge in [-0.25, -0.2) is 8.78 Å². The number of nitro benzene ring substituents is 1. The fourth-order valence-electron chi connectivity index (χ4n) is 1.57. The predicted molar refractivity (Wildman–Crippen MR) is 85.1 cm³/mol. The Bertz CT molecular complexity index is 514. The van der Waals surface area contributed by atoms with Crippen LogP contribution in [0, 0.1) is 10.1 Å². The van der Waals surface area contributed by atoms with E-state index in [1.807, 2.05) is 0 Å². The van der Waals surface area contributed by atoms with Crippen LogP contribution in [-0.2, 0) is 4.79 Å². The van der Waals surface area contributed by atoms with Crippen molar-refractivity contribution in [2.24, 2.45) is 5.73 Å². The lowest BCUT2D eigenvalue weighted by atomic mass is 10.2. The van der Waals surface area contributed by atoms with Crippen molar-refractivity contribution < 1.29 is 18.5 Å². The van der Waals surface area contributed by atoms with Gasteiger partial charge in [0.15, 0.2) is 0 Å². The topological polar surface area (TPSA) is 110 Å². The van der Waals surface area contributed by atoms with Crippen LogP contribution < -0.4 is 16.4 Å². The van der Waals surface area contributed by atoms with Gasteiger partial charge in [-0.3, -0.25) is 14.9 Å². The average Bonchev–Trinajstić information content (AvgIpc) is 2.50. The maximum Gasteiger partial charge on any atom is 0.277 e. The van der Waals surface area contributed by atoms with Gasteiger partial charge < -0.3 is 16.4 Å². The number of nitrogens with one attached hydrogen (secondary N) is 2. The van der Waals surface area contributed by atoms with Gasteiger partial charge >= 0.3 is 0 Å². The molecule has 0 aliphatic rings. The number of halogens is 3. The predicted octanol–water partition coefficient (Wildman–Crippen LogP) is 1.92. The molecule has 0 bridgehead atoms. The number of amides is 1. The van der Waals surface area contributed by atoms with Gasteiger partial charge in [0.05, 0.1) is 18.0 Å². The number of hydrogen-bond acceptors (Lipinski definition) is 5. The molecule has 0 saturated carbocycles. The van der Waals surface area contributed by atoms with Crippen LogP contribution in [0.5, 0.6) is 0 Å². The largest absolute Gasteiger partial charge is 0.385 e. The zero-order valence-corrected chi connectivity index (χ0v) is 13.1. The SMILES string of the molecule is Cl.NCC(F)(F)CNC(=O)CCCNc1ccc([N+](=O)[O-])cc1. The monoisotopic (exact) mass is 352 g/mol. The molecule has 10 heteroatoms. The Hall–Kier alpha value is -2.00. The number of nitrogens with zero attached hydrogens (tertiary/aromatic N) is 1. The minimum Gasteiger partial charge on any atom is -0.385 e. The van der Waals surface area contributed by atoms with Gasteiger partial charge in [-0.15, -0.1) is 12.4 Å². The summed E-state index contributed by atoms with van der Waals surface area (Å²) in [5.41, 5.74) is 5.53. The van der Waals surface area contributed by atoms with Crippen LogP contribution in [0.3, 0.4) is 0 Å². The van der Waals surface area contributed by atoms with Crippen LogP contribution in [0.15, 0.2) is 24.3 Å². The van der Waals surface area contributed by atoms with E-state index in [1.165, 1.54) is 12.1 Å². The van der Waals surface area contributed by atoms with Crippen molar-refractivity contribution in [3.05, 3.63) is 34.4 Å². The Morgan fingerprint density at radius 1 is 1.30 bits per heavy atom. The van der Waals surface area contributed by atoms with Crippen LogP contribution >= 0.6 is 12.4 Å². The molecule has 1 aromatic carbocycles. The van der Waals surface area contributed by atoms with Crippen molar-refractivity contribution >= 4 is 29.7 Å². The second kappa shape index (κ2) is 9.90. The number of nitrogens with two attached hydrogens (primary N) is 1. The summed E-state index contributed by atoms with van der Waals surface area (Å²) < 4.78 is 25.6. The first-order valence-electron chi connectivity index (χ1n) is 6.67. The zero-order chi connectivity index (χ0) is 16.6. The summed E-state index contributed by atoms with van der Waals surface area (Å²) in [5.74, 6) is -3.56. The molecule has 130 valence electrons. The van der Waals surface area contributed by atoms with E-state index in [0.717, 1.165) is 0 Å². The Morgan fingerprint density at radius 2 is 1.91 bits per heavy atom. The standard InChI is InChI=1S/C13H18F2N4O3.ClH/c14-13(15,8-16)9-18-12(20)2-1-7-17-10-3-5-11(6-4-10)19(21)22;/h3-6,17H,1-2,7-9,16H2,(H,18,20);1H. The van der Waals surface area contributed by atoms with Crippen molar-refractivity contribution in [1.82, 2.24) is 5.32 Å². The van der Waals surface area contributed by atoms with Gasteiger partial charge in [-0.05, 0) is 18.6 Å². The molecule has 0 heterocycles. The second-order valence-electron chi connectivity index (χ2n) is 4.67. The molecular formula is C13H19ClF2N4O3. The molecular weight excluding hydrogens is 334 g/mol. The van der Waals surface area contributed by atoms with Crippen LogP contribution in [0.1, 0.15) is 12.8 Å². The third kappa shape index (κ3) is 8.27. The molecule has 1 aromatic rings. The Morgan fingerprint density at radius 3 is 2.43 bits per heavy atom. The van der Waals surface area contributed by atoms with E-state index >= 15 is 0 Å². The number of carbonyl (C=O) groups excluding carboxylic acids is 1. The zero-order valence-electron chi connectivity index (χ0n) is 12.3. The molecule has 7 nitrogen and oxygen atoms in total. The van der Waals surface area contributed by atoms with Gasteiger partial charge in [0.2, 0.25) is 5.91 Å². The van der Waals surface area contributed by atoms with Crippen molar-refractivity contribution in [2.75, 3.05) is 25.0 Å². The lowest BCUT2D eigenvalue weighted by Gasteiger charge is -2.14. The third-order valence-corrected chi connectivity index (χ3v) is 2.83. The van der Waals surface area contributed by atoms with Crippen molar-refractivity contribution in [1.29, 1.82) is 0 Å². The summed E-state index contributed by atoms with van der Waals surface area (Å²) in [7, 11) is 0. The second-order valence-corrected chi connectivity index (χ2v) is 4.67. The van der Waals surface area contributed by atoms with E-state index in [4.69, 9.17) is 5.73 Å².